The normalized spacial score (nSPS) is 10.6. The quantitative estimate of drug-likeness (QED) is 0.289. The Morgan fingerprint density at radius 2 is 2.00 bits per heavy atom. The van der Waals surface area contributed by atoms with E-state index in [0.717, 1.165) is 24.2 Å². The van der Waals surface area contributed by atoms with E-state index >= 15 is 0 Å². The number of rotatable bonds is 6. The Kier molecular flexibility index (Phi) is 4.80. The summed E-state index contributed by atoms with van der Waals surface area (Å²) in [6.45, 7) is 4.04. The maximum Gasteiger partial charge on any atom is 0.305 e. The zero-order chi connectivity index (χ0) is 17.8. The molecular weight excluding hydrogens is 347 g/mol. The van der Waals surface area contributed by atoms with Gasteiger partial charge in [-0.05, 0) is 23.9 Å². The molecule has 1 aromatic carbocycles. The largest absolute Gasteiger partial charge is 0.305 e. The zero-order valence-corrected chi connectivity index (χ0v) is 13.6. The third-order valence-corrected chi connectivity index (χ3v) is 4.03. The molecule has 0 aliphatic carbocycles. The highest BCUT2D eigenvalue weighted by Gasteiger charge is 2.18. The molecule has 0 atom stereocenters. The van der Waals surface area contributed by atoms with Crippen molar-refractivity contribution in [3.8, 4) is 11.4 Å². The van der Waals surface area contributed by atoms with Crippen LogP contribution in [0.3, 0.4) is 0 Å². The van der Waals surface area contributed by atoms with Crippen molar-refractivity contribution in [3.05, 3.63) is 65.2 Å². The molecule has 0 saturated heterocycles. The summed E-state index contributed by atoms with van der Waals surface area (Å²) in [5, 5.41) is 19.4. The third-order valence-electron chi connectivity index (χ3n) is 3.15. The van der Waals surface area contributed by atoms with Crippen LogP contribution in [0.4, 0.5) is 10.1 Å². The van der Waals surface area contributed by atoms with Gasteiger partial charge >= 0.3 is 5.69 Å². The van der Waals surface area contributed by atoms with E-state index in [-0.39, 0.29) is 10.8 Å². The zero-order valence-electron chi connectivity index (χ0n) is 12.7. The van der Waals surface area contributed by atoms with Gasteiger partial charge in [-0.15, -0.1) is 16.8 Å². The lowest BCUT2D eigenvalue weighted by Gasteiger charge is -2.07. The molecule has 3 aromatic rings. The molecule has 8 nitrogen and oxygen atoms in total. The van der Waals surface area contributed by atoms with Crippen molar-refractivity contribution in [2.24, 2.45) is 0 Å². The van der Waals surface area contributed by atoms with Crippen molar-refractivity contribution in [1.29, 1.82) is 0 Å². The second-order valence-electron chi connectivity index (χ2n) is 4.77. The molecule has 0 N–H and O–H groups in total. The van der Waals surface area contributed by atoms with Crippen LogP contribution in [0.25, 0.3) is 11.4 Å². The van der Waals surface area contributed by atoms with Crippen LogP contribution in [0.15, 0.2) is 59.6 Å². The highest BCUT2D eigenvalue weighted by molar-refractivity contribution is 7.99. The molecule has 0 spiro atoms. The maximum atomic E-state index is 14.0. The second kappa shape index (κ2) is 7.18. The first kappa shape index (κ1) is 16.7. The first-order chi connectivity index (χ1) is 12.1. The predicted molar refractivity (Wildman–Crippen MR) is 88.4 cm³/mol. The molecule has 0 radical (unpaired) electrons. The fourth-order valence-electron chi connectivity index (χ4n) is 2.04. The van der Waals surface area contributed by atoms with E-state index in [1.54, 1.807) is 28.8 Å². The fraction of sp³-hybridized carbons (Fsp3) is 0.0667. The average Bonchev–Trinajstić information content (AvgIpc) is 2.99. The minimum atomic E-state index is -0.578. The first-order valence-electron chi connectivity index (χ1n) is 7.03. The maximum absolute atomic E-state index is 14.0. The minimum Gasteiger partial charge on any atom is -0.298 e. The number of aromatic nitrogens is 5. The number of nitro groups is 1. The number of hydrogen-bond acceptors (Lipinski definition) is 7. The Morgan fingerprint density at radius 3 is 2.64 bits per heavy atom. The Labute approximate surface area is 145 Å². The highest BCUT2D eigenvalue weighted by Crippen LogP contribution is 2.29. The van der Waals surface area contributed by atoms with Crippen LogP contribution in [-0.4, -0.2) is 29.7 Å². The summed E-state index contributed by atoms with van der Waals surface area (Å²) < 4.78 is 15.7. The van der Waals surface area contributed by atoms with E-state index in [4.69, 9.17) is 0 Å². The van der Waals surface area contributed by atoms with Gasteiger partial charge in [-0.2, -0.15) is 0 Å². The monoisotopic (exact) mass is 358 g/mol. The topological polar surface area (TPSA) is 99.6 Å². The average molecular weight is 358 g/mol. The standard InChI is InChI=1S/C15H11FN6O2S/c1-2-7-21-13(11-5-3-4-6-12(11)16)19-20-15(21)25-14-17-8-10(9-18-14)22(23)24/h2-6,8-9H,1,7H2. The van der Waals surface area contributed by atoms with Gasteiger partial charge in [0.15, 0.2) is 16.1 Å². The van der Waals surface area contributed by atoms with Crippen LogP contribution in [0.5, 0.6) is 0 Å². The molecule has 0 amide bonds. The van der Waals surface area contributed by atoms with E-state index in [1.165, 1.54) is 6.07 Å². The van der Waals surface area contributed by atoms with Crippen LogP contribution >= 0.6 is 11.8 Å². The molecule has 0 unspecified atom stereocenters. The van der Waals surface area contributed by atoms with E-state index in [2.05, 4.69) is 26.7 Å². The van der Waals surface area contributed by atoms with E-state index in [1.807, 2.05) is 0 Å². The lowest BCUT2D eigenvalue weighted by molar-refractivity contribution is -0.385. The number of nitrogens with zero attached hydrogens (tertiary/aromatic N) is 6. The van der Waals surface area contributed by atoms with E-state index in [9.17, 15) is 14.5 Å². The van der Waals surface area contributed by atoms with Gasteiger partial charge in [0, 0.05) is 6.54 Å². The van der Waals surface area contributed by atoms with Gasteiger partial charge in [0.25, 0.3) is 0 Å². The summed E-state index contributed by atoms with van der Waals surface area (Å²) in [5.41, 5.74) is 0.109. The molecular formula is C15H11FN6O2S. The summed E-state index contributed by atoms with van der Waals surface area (Å²) >= 11 is 1.07. The smallest absolute Gasteiger partial charge is 0.298 e. The predicted octanol–water partition coefficient (Wildman–Crippen LogP) is 3.12. The fourth-order valence-corrected chi connectivity index (χ4v) is 2.76. The molecule has 0 saturated carbocycles. The van der Waals surface area contributed by atoms with Gasteiger partial charge in [0.2, 0.25) is 0 Å². The summed E-state index contributed by atoms with van der Waals surface area (Å²) in [6.07, 6.45) is 3.86. The highest BCUT2D eigenvalue weighted by atomic mass is 32.2. The number of hydrogen-bond donors (Lipinski definition) is 0. The van der Waals surface area contributed by atoms with E-state index < -0.39 is 10.7 Å². The summed E-state index contributed by atoms with van der Waals surface area (Å²) in [6, 6.07) is 6.25. The van der Waals surface area contributed by atoms with E-state index in [0.29, 0.717) is 23.1 Å². The summed E-state index contributed by atoms with van der Waals surface area (Å²) in [5.74, 6) is -0.0641. The van der Waals surface area contributed by atoms with Gasteiger partial charge in [-0.1, -0.05) is 18.2 Å². The second-order valence-corrected chi connectivity index (χ2v) is 5.70. The Bertz CT molecular complexity index is 928. The first-order valence-corrected chi connectivity index (χ1v) is 7.85. The van der Waals surface area contributed by atoms with Crippen LogP contribution in [0.2, 0.25) is 0 Å². The van der Waals surface area contributed by atoms with Crippen molar-refractivity contribution in [3.63, 3.8) is 0 Å². The molecule has 0 bridgehead atoms. The molecule has 3 rings (SSSR count). The van der Waals surface area contributed by atoms with Crippen molar-refractivity contribution in [2.75, 3.05) is 0 Å². The lowest BCUT2D eigenvalue weighted by Crippen LogP contribution is -2.02. The molecule has 126 valence electrons. The number of allylic oxidation sites excluding steroid dienone is 1. The van der Waals surface area contributed by atoms with Crippen molar-refractivity contribution < 1.29 is 9.31 Å². The number of halogens is 1. The SMILES string of the molecule is C=CCn1c(Sc2ncc([N+](=O)[O-])cn2)nnc1-c1ccccc1F. The third kappa shape index (κ3) is 3.53. The van der Waals surface area contributed by atoms with Gasteiger partial charge in [-0.25, -0.2) is 14.4 Å². The van der Waals surface area contributed by atoms with Crippen LogP contribution < -0.4 is 0 Å². The molecule has 0 aliphatic rings. The molecule has 0 aliphatic heterocycles. The molecule has 0 fully saturated rings. The molecule has 2 aromatic heterocycles. The molecule has 25 heavy (non-hydrogen) atoms. The Balaban J connectivity index is 1.95. The minimum absolute atomic E-state index is 0.205. The van der Waals surface area contributed by atoms with Gasteiger partial charge in [0.05, 0.1) is 10.5 Å². The van der Waals surface area contributed by atoms with Crippen molar-refractivity contribution >= 4 is 17.4 Å². The van der Waals surface area contributed by atoms with Gasteiger partial charge < -0.3 is 0 Å². The van der Waals surface area contributed by atoms with Crippen molar-refractivity contribution in [1.82, 2.24) is 24.7 Å². The van der Waals surface area contributed by atoms with Crippen LogP contribution in [-0.2, 0) is 6.54 Å². The van der Waals surface area contributed by atoms with Gasteiger partial charge in [0.1, 0.15) is 18.2 Å². The van der Waals surface area contributed by atoms with Gasteiger partial charge in [-0.3, -0.25) is 14.7 Å². The summed E-state index contributed by atoms with van der Waals surface area (Å²) in [7, 11) is 0. The molecule has 2 heterocycles. The summed E-state index contributed by atoms with van der Waals surface area (Å²) in [4.78, 5) is 17.9. The van der Waals surface area contributed by atoms with Crippen LogP contribution in [0, 0.1) is 15.9 Å². The number of benzene rings is 1. The Hall–Kier alpha value is -3.14. The van der Waals surface area contributed by atoms with Crippen LogP contribution in [0.1, 0.15) is 0 Å². The van der Waals surface area contributed by atoms with Crippen molar-refractivity contribution in [2.45, 2.75) is 16.9 Å². The Morgan fingerprint density at radius 1 is 1.28 bits per heavy atom. The lowest BCUT2D eigenvalue weighted by atomic mass is 10.2. The molecule has 10 heteroatoms.